The highest BCUT2D eigenvalue weighted by Gasteiger charge is 2.16. The van der Waals surface area contributed by atoms with Gasteiger partial charge < -0.3 is 21.1 Å². The smallest absolute Gasteiger partial charge is 0.231 e. The van der Waals surface area contributed by atoms with Crippen molar-refractivity contribution >= 4 is 17.8 Å². The summed E-state index contributed by atoms with van der Waals surface area (Å²) in [5.74, 6) is 1.50. The Balaban J connectivity index is 1.81. The summed E-state index contributed by atoms with van der Waals surface area (Å²) < 4.78 is 0. The molecule has 0 aliphatic carbocycles. The first kappa shape index (κ1) is 14.8. The van der Waals surface area contributed by atoms with E-state index in [-0.39, 0.29) is 12.6 Å². The maximum absolute atomic E-state index is 8.70. The van der Waals surface area contributed by atoms with Crippen molar-refractivity contribution in [2.75, 3.05) is 42.2 Å². The second kappa shape index (κ2) is 7.84. The van der Waals surface area contributed by atoms with E-state index in [2.05, 4.69) is 25.2 Å². The molecule has 0 spiro atoms. The number of nitrogens with two attached hydrogens (primary N) is 1. The van der Waals surface area contributed by atoms with E-state index in [0.29, 0.717) is 11.9 Å². The zero-order valence-electron chi connectivity index (χ0n) is 11.9. The van der Waals surface area contributed by atoms with Crippen molar-refractivity contribution in [2.24, 2.45) is 0 Å². The van der Waals surface area contributed by atoms with E-state index in [1.54, 1.807) is 0 Å². The fraction of sp³-hybridized carbons (Fsp3) is 0.769. The molecule has 7 nitrogen and oxygen atoms in total. The molecule has 0 radical (unpaired) electrons. The van der Waals surface area contributed by atoms with E-state index in [1.807, 2.05) is 0 Å². The summed E-state index contributed by atoms with van der Waals surface area (Å²) in [6, 6.07) is 0. The van der Waals surface area contributed by atoms with Gasteiger partial charge in [0.25, 0.3) is 0 Å². The van der Waals surface area contributed by atoms with Crippen molar-refractivity contribution in [3.05, 3.63) is 0 Å². The summed E-state index contributed by atoms with van der Waals surface area (Å²) in [7, 11) is 0. The molecule has 0 unspecified atom stereocenters. The minimum absolute atomic E-state index is 0.268. The highest BCUT2D eigenvalue weighted by molar-refractivity contribution is 5.42. The first-order valence-corrected chi connectivity index (χ1v) is 7.41. The number of nitrogens with one attached hydrogen (secondary N) is 1. The summed E-state index contributed by atoms with van der Waals surface area (Å²) in [6.07, 6.45) is 6.41. The predicted octanol–water partition coefficient (Wildman–Crippen LogP) is 1.02. The normalized spacial score (nSPS) is 14.8. The van der Waals surface area contributed by atoms with Crippen molar-refractivity contribution in [2.45, 2.75) is 38.5 Å². The Hall–Kier alpha value is -1.63. The van der Waals surface area contributed by atoms with E-state index in [4.69, 9.17) is 10.8 Å². The van der Waals surface area contributed by atoms with E-state index >= 15 is 0 Å². The summed E-state index contributed by atoms with van der Waals surface area (Å²) in [4.78, 5) is 14.9. The van der Waals surface area contributed by atoms with Crippen LogP contribution in [0.5, 0.6) is 0 Å². The number of hydrogen-bond donors (Lipinski definition) is 3. The SMILES string of the molecule is Nc1nc(NCCCCCCO)nc(N2CCCC2)n1. The number of aliphatic hydroxyl groups is 1. The monoisotopic (exact) mass is 280 g/mol. The van der Waals surface area contributed by atoms with E-state index in [1.165, 1.54) is 12.8 Å². The molecule has 7 heteroatoms. The standard InChI is InChI=1S/C13H24N6O/c14-11-16-12(15-7-3-1-2-6-10-20)18-13(17-11)19-8-4-5-9-19/h20H,1-10H2,(H3,14,15,16,17,18). The summed E-state index contributed by atoms with van der Waals surface area (Å²) in [5, 5.41) is 11.9. The molecule has 0 bridgehead atoms. The average Bonchev–Trinajstić information content (AvgIpc) is 2.96. The second-order valence-electron chi connectivity index (χ2n) is 5.08. The van der Waals surface area contributed by atoms with Gasteiger partial charge in [-0.25, -0.2) is 0 Å². The van der Waals surface area contributed by atoms with Gasteiger partial charge in [0, 0.05) is 26.2 Å². The second-order valence-corrected chi connectivity index (χ2v) is 5.08. The molecule has 0 atom stereocenters. The van der Waals surface area contributed by atoms with Crippen molar-refractivity contribution in [3.8, 4) is 0 Å². The van der Waals surface area contributed by atoms with Gasteiger partial charge in [0.05, 0.1) is 0 Å². The number of hydrogen-bond acceptors (Lipinski definition) is 7. The maximum atomic E-state index is 8.70. The first-order chi connectivity index (χ1) is 9.79. The van der Waals surface area contributed by atoms with Crippen LogP contribution in [0.3, 0.4) is 0 Å². The van der Waals surface area contributed by atoms with E-state index in [0.717, 1.165) is 45.3 Å². The van der Waals surface area contributed by atoms with Crippen molar-refractivity contribution in [1.29, 1.82) is 0 Å². The number of anilines is 3. The van der Waals surface area contributed by atoms with Gasteiger partial charge in [0.15, 0.2) is 0 Å². The van der Waals surface area contributed by atoms with Crippen LogP contribution in [0.2, 0.25) is 0 Å². The third-order valence-electron chi connectivity index (χ3n) is 3.40. The van der Waals surface area contributed by atoms with Crippen LogP contribution in [0.1, 0.15) is 38.5 Å². The Bertz CT molecular complexity index is 408. The van der Waals surface area contributed by atoms with Crippen LogP contribution in [0.25, 0.3) is 0 Å². The zero-order valence-corrected chi connectivity index (χ0v) is 11.9. The molecule has 1 saturated heterocycles. The molecular weight excluding hydrogens is 256 g/mol. The van der Waals surface area contributed by atoms with Crippen LogP contribution in [0, 0.1) is 0 Å². The number of aliphatic hydroxyl groups excluding tert-OH is 1. The third kappa shape index (κ3) is 4.48. The van der Waals surface area contributed by atoms with Crippen molar-refractivity contribution in [3.63, 3.8) is 0 Å². The van der Waals surface area contributed by atoms with E-state index in [9.17, 15) is 0 Å². The van der Waals surface area contributed by atoms with Gasteiger partial charge in [-0.3, -0.25) is 0 Å². The molecule has 0 aromatic carbocycles. The quantitative estimate of drug-likeness (QED) is 0.611. The largest absolute Gasteiger partial charge is 0.396 e. The predicted molar refractivity (Wildman–Crippen MR) is 79.7 cm³/mol. The van der Waals surface area contributed by atoms with Crippen molar-refractivity contribution < 1.29 is 5.11 Å². The van der Waals surface area contributed by atoms with Gasteiger partial charge in [0.1, 0.15) is 0 Å². The minimum Gasteiger partial charge on any atom is -0.396 e. The fourth-order valence-corrected chi connectivity index (χ4v) is 2.31. The number of unbranched alkanes of at least 4 members (excludes halogenated alkanes) is 3. The van der Waals surface area contributed by atoms with Gasteiger partial charge in [-0.05, 0) is 25.7 Å². The number of nitrogens with zero attached hydrogens (tertiary/aromatic N) is 4. The van der Waals surface area contributed by atoms with Gasteiger partial charge in [0.2, 0.25) is 17.8 Å². The van der Waals surface area contributed by atoms with E-state index < -0.39 is 0 Å². The molecular formula is C13H24N6O. The lowest BCUT2D eigenvalue weighted by Gasteiger charge is -2.16. The van der Waals surface area contributed by atoms with Gasteiger partial charge >= 0.3 is 0 Å². The van der Waals surface area contributed by atoms with Crippen LogP contribution in [0.15, 0.2) is 0 Å². The van der Waals surface area contributed by atoms with Gasteiger partial charge in [-0.1, -0.05) is 12.8 Å². The maximum Gasteiger partial charge on any atom is 0.231 e. The number of rotatable bonds is 8. The molecule has 4 N–H and O–H groups in total. The highest BCUT2D eigenvalue weighted by atomic mass is 16.2. The Morgan fingerprint density at radius 3 is 2.55 bits per heavy atom. The van der Waals surface area contributed by atoms with Crippen LogP contribution in [0.4, 0.5) is 17.8 Å². The molecule has 20 heavy (non-hydrogen) atoms. The molecule has 1 aromatic heterocycles. The fourth-order valence-electron chi connectivity index (χ4n) is 2.31. The molecule has 1 aliphatic rings. The van der Waals surface area contributed by atoms with Crippen LogP contribution >= 0.6 is 0 Å². The first-order valence-electron chi connectivity index (χ1n) is 7.41. The average molecular weight is 280 g/mol. The molecule has 0 amide bonds. The van der Waals surface area contributed by atoms with Gasteiger partial charge in [-0.2, -0.15) is 15.0 Å². The minimum atomic E-state index is 0.268. The molecule has 112 valence electrons. The molecule has 1 fully saturated rings. The number of nitrogen functional groups attached to an aromatic ring is 1. The Morgan fingerprint density at radius 2 is 1.80 bits per heavy atom. The van der Waals surface area contributed by atoms with Crippen LogP contribution < -0.4 is 16.0 Å². The lowest BCUT2D eigenvalue weighted by atomic mass is 10.2. The lowest BCUT2D eigenvalue weighted by Crippen LogP contribution is -2.22. The number of aromatic nitrogens is 3. The molecule has 1 aromatic rings. The molecule has 2 rings (SSSR count). The molecule has 0 saturated carbocycles. The Kier molecular flexibility index (Phi) is 5.79. The van der Waals surface area contributed by atoms with Crippen LogP contribution in [-0.4, -0.2) is 46.3 Å². The Labute approximate surface area is 119 Å². The summed E-state index contributed by atoms with van der Waals surface area (Å²) >= 11 is 0. The summed E-state index contributed by atoms with van der Waals surface area (Å²) in [5.41, 5.74) is 5.74. The molecule has 1 aliphatic heterocycles. The van der Waals surface area contributed by atoms with Crippen LogP contribution in [-0.2, 0) is 0 Å². The van der Waals surface area contributed by atoms with Gasteiger partial charge in [-0.15, -0.1) is 0 Å². The van der Waals surface area contributed by atoms with Crippen molar-refractivity contribution in [1.82, 2.24) is 15.0 Å². The third-order valence-corrected chi connectivity index (χ3v) is 3.40. The summed E-state index contributed by atoms with van der Waals surface area (Å²) in [6.45, 7) is 3.07. The lowest BCUT2D eigenvalue weighted by molar-refractivity contribution is 0.283. The Morgan fingerprint density at radius 1 is 1.05 bits per heavy atom. The molecule has 2 heterocycles. The topological polar surface area (TPSA) is 100 Å². The highest BCUT2D eigenvalue weighted by Crippen LogP contribution is 2.17. The zero-order chi connectivity index (χ0) is 14.2.